The summed E-state index contributed by atoms with van der Waals surface area (Å²) in [4.78, 5) is 0. The molecule has 0 spiro atoms. The van der Waals surface area contributed by atoms with Crippen molar-refractivity contribution in [3.8, 4) is 0 Å². The van der Waals surface area contributed by atoms with Crippen LogP contribution in [0.25, 0.3) is 0 Å². The normalized spacial score (nSPS) is 12.7. The minimum Gasteiger partial charge on any atom is -0.310 e. The highest BCUT2D eigenvalue weighted by Gasteiger charge is 2.15. The topological polar surface area (TPSA) is 29.9 Å². The van der Waals surface area contributed by atoms with Crippen LogP contribution in [0.1, 0.15) is 29.9 Å². The molecule has 0 radical (unpaired) electrons. The van der Waals surface area contributed by atoms with Gasteiger partial charge in [0.2, 0.25) is 0 Å². The van der Waals surface area contributed by atoms with Gasteiger partial charge in [-0.05, 0) is 43.3 Å². The van der Waals surface area contributed by atoms with E-state index in [9.17, 15) is 4.39 Å². The lowest BCUT2D eigenvalue weighted by Gasteiger charge is -2.19. The van der Waals surface area contributed by atoms with E-state index in [2.05, 4.69) is 39.3 Å². The zero-order valence-corrected chi connectivity index (χ0v) is 13.5. The first-order valence-electron chi connectivity index (χ1n) is 6.68. The summed E-state index contributed by atoms with van der Waals surface area (Å²) in [6, 6.07) is 7.15. The van der Waals surface area contributed by atoms with E-state index in [0.717, 1.165) is 34.4 Å². The third-order valence-corrected chi connectivity index (χ3v) is 3.71. The molecule has 2 rings (SSSR count). The highest BCUT2D eigenvalue weighted by atomic mass is 79.9. The van der Waals surface area contributed by atoms with E-state index in [-0.39, 0.29) is 11.9 Å². The minimum absolute atomic E-state index is 0.0711. The summed E-state index contributed by atoms with van der Waals surface area (Å²) in [6.45, 7) is 4.86. The van der Waals surface area contributed by atoms with Crippen LogP contribution >= 0.6 is 15.9 Å². The van der Waals surface area contributed by atoms with Gasteiger partial charge < -0.3 is 5.32 Å². The van der Waals surface area contributed by atoms with E-state index in [1.54, 1.807) is 6.07 Å². The molecule has 0 amide bonds. The molecule has 1 heterocycles. The molecule has 3 nitrogen and oxygen atoms in total. The van der Waals surface area contributed by atoms with E-state index >= 15 is 0 Å². The number of aryl methyl sites for hydroxylation is 2. The summed E-state index contributed by atoms with van der Waals surface area (Å²) in [5, 5.41) is 7.77. The SMILES string of the molecule is CCNC(Cc1cc(C)nn1C)c1cc(F)cc(Br)c1. The molecular formula is C15H19BrFN3. The minimum atomic E-state index is -0.224. The molecule has 0 saturated heterocycles. The largest absolute Gasteiger partial charge is 0.310 e. The van der Waals surface area contributed by atoms with Gasteiger partial charge >= 0.3 is 0 Å². The first-order chi connectivity index (χ1) is 9.49. The lowest BCUT2D eigenvalue weighted by atomic mass is 10.0. The monoisotopic (exact) mass is 339 g/mol. The van der Waals surface area contributed by atoms with E-state index in [1.165, 1.54) is 6.07 Å². The van der Waals surface area contributed by atoms with Crippen molar-refractivity contribution in [1.82, 2.24) is 15.1 Å². The van der Waals surface area contributed by atoms with Gasteiger partial charge in [-0.15, -0.1) is 0 Å². The first-order valence-corrected chi connectivity index (χ1v) is 7.47. The Morgan fingerprint density at radius 2 is 2.10 bits per heavy atom. The number of nitrogens with zero attached hydrogens (tertiary/aromatic N) is 2. The molecule has 5 heteroatoms. The highest BCUT2D eigenvalue weighted by molar-refractivity contribution is 9.10. The summed E-state index contributed by atoms with van der Waals surface area (Å²) in [5.41, 5.74) is 3.07. The highest BCUT2D eigenvalue weighted by Crippen LogP contribution is 2.23. The maximum atomic E-state index is 13.6. The zero-order valence-electron chi connectivity index (χ0n) is 12.0. The summed E-state index contributed by atoms with van der Waals surface area (Å²) in [7, 11) is 1.94. The number of hydrogen-bond donors (Lipinski definition) is 1. The third-order valence-electron chi connectivity index (χ3n) is 3.25. The molecule has 1 aromatic heterocycles. The number of hydrogen-bond acceptors (Lipinski definition) is 2. The van der Waals surface area contributed by atoms with E-state index in [0.29, 0.717) is 0 Å². The Labute approximate surface area is 127 Å². The van der Waals surface area contributed by atoms with Crippen LogP contribution in [0.3, 0.4) is 0 Å². The molecule has 1 N–H and O–H groups in total. The molecule has 1 aromatic carbocycles. The summed E-state index contributed by atoms with van der Waals surface area (Å²) >= 11 is 3.35. The lowest BCUT2D eigenvalue weighted by molar-refractivity contribution is 0.523. The number of aromatic nitrogens is 2. The Balaban J connectivity index is 2.28. The molecule has 0 bridgehead atoms. The van der Waals surface area contributed by atoms with Crippen molar-refractivity contribution in [2.75, 3.05) is 6.54 Å². The molecule has 108 valence electrons. The van der Waals surface area contributed by atoms with Gasteiger partial charge in [0.05, 0.1) is 5.69 Å². The zero-order chi connectivity index (χ0) is 14.7. The maximum Gasteiger partial charge on any atom is 0.124 e. The third kappa shape index (κ3) is 3.67. The smallest absolute Gasteiger partial charge is 0.124 e. The Morgan fingerprint density at radius 3 is 2.65 bits per heavy atom. The molecule has 2 aromatic rings. The van der Waals surface area contributed by atoms with Crippen molar-refractivity contribution >= 4 is 15.9 Å². The van der Waals surface area contributed by atoms with Gasteiger partial charge in [0, 0.05) is 29.7 Å². The van der Waals surface area contributed by atoms with Gasteiger partial charge in [0.25, 0.3) is 0 Å². The molecule has 0 saturated carbocycles. The van der Waals surface area contributed by atoms with Gasteiger partial charge in [-0.1, -0.05) is 22.9 Å². The van der Waals surface area contributed by atoms with Crippen LogP contribution in [-0.2, 0) is 13.5 Å². The van der Waals surface area contributed by atoms with Crippen molar-refractivity contribution in [1.29, 1.82) is 0 Å². The number of nitrogens with one attached hydrogen (secondary N) is 1. The molecule has 1 atom stereocenters. The second kappa shape index (κ2) is 6.50. The molecule has 20 heavy (non-hydrogen) atoms. The summed E-state index contributed by atoms with van der Waals surface area (Å²) < 4.78 is 16.2. The standard InChI is InChI=1S/C15H19BrFN3/c1-4-18-15(9-14-5-10(2)19-20(14)3)11-6-12(16)8-13(17)7-11/h5-8,15,18H,4,9H2,1-3H3. The second-order valence-electron chi connectivity index (χ2n) is 4.92. The Kier molecular flexibility index (Phi) is 4.94. The van der Waals surface area contributed by atoms with Crippen molar-refractivity contribution in [3.63, 3.8) is 0 Å². The Morgan fingerprint density at radius 1 is 1.35 bits per heavy atom. The van der Waals surface area contributed by atoms with Gasteiger partial charge in [-0.3, -0.25) is 4.68 Å². The molecular weight excluding hydrogens is 321 g/mol. The van der Waals surface area contributed by atoms with Crippen LogP contribution in [0.4, 0.5) is 4.39 Å². The molecule has 1 unspecified atom stereocenters. The van der Waals surface area contributed by atoms with Gasteiger partial charge in [0.15, 0.2) is 0 Å². The van der Waals surface area contributed by atoms with Crippen molar-refractivity contribution in [2.45, 2.75) is 26.3 Å². The number of rotatable bonds is 5. The Hall–Kier alpha value is -1.20. The molecule has 0 aliphatic rings. The first kappa shape index (κ1) is 15.2. The van der Waals surface area contributed by atoms with E-state index in [4.69, 9.17) is 0 Å². The van der Waals surface area contributed by atoms with Crippen LogP contribution < -0.4 is 5.32 Å². The average molecular weight is 340 g/mol. The van der Waals surface area contributed by atoms with Crippen molar-refractivity contribution < 1.29 is 4.39 Å². The van der Waals surface area contributed by atoms with Crippen LogP contribution in [-0.4, -0.2) is 16.3 Å². The predicted molar refractivity (Wildman–Crippen MR) is 82.2 cm³/mol. The van der Waals surface area contributed by atoms with Gasteiger partial charge in [-0.2, -0.15) is 5.10 Å². The average Bonchev–Trinajstić information content (AvgIpc) is 2.66. The lowest BCUT2D eigenvalue weighted by Crippen LogP contribution is -2.24. The van der Waals surface area contributed by atoms with Crippen LogP contribution in [0.5, 0.6) is 0 Å². The maximum absolute atomic E-state index is 13.6. The number of halogens is 2. The van der Waals surface area contributed by atoms with Crippen LogP contribution in [0.15, 0.2) is 28.7 Å². The Bertz CT molecular complexity index is 575. The summed E-state index contributed by atoms with van der Waals surface area (Å²) in [6.07, 6.45) is 0.779. The molecule has 0 aliphatic heterocycles. The fourth-order valence-corrected chi connectivity index (χ4v) is 2.88. The predicted octanol–water partition coefficient (Wildman–Crippen LogP) is 3.52. The fraction of sp³-hybridized carbons (Fsp3) is 0.400. The van der Waals surface area contributed by atoms with Crippen molar-refractivity contribution in [3.05, 3.63) is 51.5 Å². The van der Waals surface area contributed by atoms with E-state index in [1.807, 2.05) is 24.7 Å². The number of benzene rings is 1. The summed E-state index contributed by atoms with van der Waals surface area (Å²) in [5.74, 6) is -0.224. The molecule has 0 aliphatic carbocycles. The van der Waals surface area contributed by atoms with Crippen molar-refractivity contribution in [2.24, 2.45) is 7.05 Å². The second-order valence-corrected chi connectivity index (χ2v) is 5.83. The van der Waals surface area contributed by atoms with E-state index < -0.39 is 0 Å². The fourth-order valence-electron chi connectivity index (χ4n) is 2.40. The van der Waals surface area contributed by atoms with Crippen LogP contribution in [0.2, 0.25) is 0 Å². The molecule has 0 fully saturated rings. The van der Waals surface area contributed by atoms with Crippen LogP contribution in [0, 0.1) is 12.7 Å². The number of likely N-dealkylation sites (N-methyl/N-ethyl adjacent to an activating group) is 1. The van der Waals surface area contributed by atoms with Gasteiger partial charge in [0.1, 0.15) is 5.82 Å². The quantitative estimate of drug-likeness (QED) is 0.903. The van der Waals surface area contributed by atoms with Gasteiger partial charge in [-0.25, -0.2) is 4.39 Å².